The third-order valence-electron chi connectivity index (χ3n) is 9.41. The number of nitrogens with zero attached hydrogens (tertiary/aromatic N) is 1. The number of piperidine rings is 1. The first-order chi connectivity index (χ1) is 18.6. The number of aliphatic carboxylic acids is 1. The van der Waals surface area contributed by atoms with E-state index in [0.717, 1.165) is 38.0 Å². The van der Waals surface area contributed by atoms with E-state index in [1.807, 2.05) is 48.5 Å². The van der Waals surface area contributed by atoms with Crippen LogP contribution in [0.25, 0.3) is 0 Å². The number of rotatable bonds is 9. The molecule has 1 aliphatic heterocycles. The zero-order valence-electron chi connectivity index (χ0n) is 23.2. The van der Waals surface area contributed by atoms with E-state index in [4.69, 9.17) is 0 Å². The number of aryl methyl sites for hydroxylation is 1. The first kappa shape index (κ1) is 28.8. The van der Waals surface area contributed by atoms with E-state index in [1.54, 1.807) is 12.1 Å². The predicted molar refractivity (Wildman–Crippen MR) is 153 cm³/mol. The largest absolute Gasteiger partial charge is 0.481 e. The van der Waals surface area contributed by atoms with Crippen LogP contribution in [0.2, 0.25) is 0 Å². The number of benzene rings is 2. The summed E-state index contributed by atoms with van der Waals surface area (Å²) in [5.74, 6) is 1.59. The van der Waals surface area contributed by atoms with Gasteiger partial charge in [0.15, 0.2) is 0 Å². The van der Waals surface area contributed by atoms with Gasteiger partial charge in [0.05, 0.1) is 5.92 Å². The molecule has 2 aliphatic carbocycles. The number of hydrogen-bond donors (Lipinski definition) is 1. The Bertz CT molecular complexity index is 893. The highest BCUT2D eigenvalue weighted by Crippen LogP contribution is 2.43. The van der Waals surface area contributed by atoms with Gasteiger partial charge in [0.25, 0.3) is 0 Å². The average Bonchev–Trinajstić information content (AvgIpc) is 3.40. The Morgan fingerprint density at radius 3 is 2.05 bits per heavy atom. The summed E-state index contributed by atoms with van der Waals surface area (Å²) < 4.78 is 13.0. The summed E-state index contributed by atoms with van der Waals surface area (Å²) in [7, 11) is 0. The minimum Gasteiger partial charge on any atom is -0.481 e. The smallest absolute Gasteiger partial charge is 0.307 e. The van der Waals surface area contributed by atoms with Crippen LogP contribution in [0.5, 0.6) is 0 Å². The molecule has 3 atom stereocenters. The third kappa shape index (κ3) is 9.22. The molecule has 2 aromatic carbocycles. The number of carboxylic acid groups (broad SMARTS) is 1. The Morgan fingerprint density at radius 2 is 1.45 bits per heavy atom. The minimum absolute atomic E-state index is 0.0906. The molecule has 1 heterocycles. The maximum Gasteiger partial charge on any atom is 0.307 e. The summed E-state index contributed by atoms with van der Waals surface area (Å²) in [5, 5.41) is 9.95. The SMILES string of the molecule is O=C(O)C(C1CCCCC1)C1CCC(CN2CCC(CCCc3ccc(F)cc3)CC2)C1.c1ccccc1. The second-order valence-corrected chi connectivity index (χ2v) is 12.1. The van der Waals surface area contributed by atoms with Crippen molar-refractivity contribution in [1.82, 2.24) is 4.90 Å². The van der Waals surface area contributed by atoms with Gasteiger partial charge in [0.2, 0.25) is 0 Å². The van der Waals surface area contributed by atoms with Crippen LogP contribution in [-0.2, 0) is 11.2 Å². The van der Waals surface area contributed by atoms with Gasteiger partial charge in [-0.1, -0.05) is 74.2 Å². The van der Waals surface area contributed by atoms with E-state index in [9.17, 15) is 14.3 Å². The fourth-order valence-corrected chi connectivity index (χ4v) is 7.34. The molecule has 5 rings (SSSR count). The van der Waals surface area contributed by atoms with Crippen LogP contribution >= 0.6 is 0 Å². The molecule has 38 heavy (non-hydrogen) atoms. The fourth-order valence-electron chi connectivity index (χ4n) is 7.34. The van der Waals surface area contributed by atoms with Gasteiger partial charge in [-0.3, -0.25) is 4.79 Å². The molecular formula is C34H48FNO2. The highest BCUT2D eigenvalue weighted by molar-refractivity contribution is 5.70. The van der Waals surface area contributed by atoms with Gasteiger partial charge < -0.3 is 10.0 Å². The van der Waals surface area contributed by atoms with Crippen LogP contribution in [0.3, 0.4) is 0 Å². The lowest BCUT2D eigenvalue weighted by Gasteiger charge is -2.34. The molecule has 3 aliphatic rings. The molecule has 2 saturated carbocycles. The molecule has 1 saturated heterocycles. The zero-order chi connectivity index (χ0) is 26.6. The standard InChI is InChI=1S/C28H42FNO2.C6H6/c29-26-13-10-21(11-14-26)5-4-6-22-15-17-30(18-16-22)20-23-9-12-25(19-23)27(28(31)32)24-7-2-1-3-8-24;1-2-4-6-5-3-1/h10-11,13-14,22-25,27H,1-9,12,15-20H2,(H,31,32);1-6H. The summed E-state index contributed by atoms with van der Waals surface area (Å²) in [6.45, 7) is 3.58. The first-order valence-corrected chi connectivity index (χ1v) is 15.3. The van der Waals surface area contributed by atoms with Crippen molar-refractivity contribution in [2.24, 2.45) is 29.6 Å². The van der Waals surface area contributed by atoms with Crippen molar-refractivity contribution in [3.05, 3.63) is 72.0 Å². The van der Waals surface area contributed by atoms with Gasteiger partial charge in [-0.15, -0.1) is 0 Å². The van der Waals surface area contributed by atoms with Crippen molar-refractivity contribution in [2.75, 3.05) is 19.6 Å². The van der Waals surface area contributed by atoms with Crippen LogP contribution in [0.1, 0.15) is 82.6 Å². The molecular weight excluding hydrogens is 473 g/mol. The van der Waals surface area contributed by atoms with Crippen molar-refractivity contribution in [1.29, 1.82) is 0 Å². The average molecular weight is 522 g/mol. The number of likely N-dealkylation sites (tertiary alicyclic amines) is 1. The maximum atomic E-state index is 13.0. The van der Waals surface area contributed by atoms with Gasteiger partial charge in [-0.05, 0) is 112 Å². The molecule has 3 fully saturated rings. The van der Waals surface area contributed by atoms with Crippen molar-refractivity contribution in [3.63, 3.8) is 0 Å². The molecule has 1 N–H and O–H groups in total. The molecule has 0 bridgehead atoms. The topological polar surface area (TPSA) is 40.5 Å². The second-order valence-electron chi connectivity index (χ2n) is 12.1. The van der Waals surface area contributed by atoms with Crippen molar-refractivity contribution >= 4 is 5.97 Å². The highest BCUT2D eigenvalue weighted by atomic mass is 19.1. The van der Waals surface area contributed by atoms with Gasteiger partial charge in [-0.2, -0.15) is 0 Å². The second kappa shape index (κ2) is 15.4. The third-order valence-corrected chi connectivity index (χ3v) is 9.41. The molecule has 3 nitrogen and oxygen atoms in total. The Morgan fingerprint density at radius 1 is 0.816 bits per heavy atom. The molecule has 0 aromatic heterocycles. The summed E-state index contributed by atoms with van der Waals surface area (Å²) in [5.41, 5.74) is 1.24. The predicted octanol–water partition coefficient (Wildman–Crippen LogP) is 8.24. The fraction of sp³-hybridized carbons (Fsp3) is 0.618. The lowest BCUT2D eigenvalue weighted by Crippen LogP contribution is -2.37. The Labute approximate surface area is 229 Å². The van der Waals surface area contributed by atoms with E-state index in [-0.39, 0.29) is 11.7 Å². The van der Waals surface area contributed by atoms with Crippen LogP contribution in [0, 0.1) is 35.4 Å². The molecule has 3 unspecified atom stereocenters. The monoisotopic (exact) mass is 521 g/mol. The first-order valence-electron chi connectivity index (χ1n) is 15.3. The van der Waals surface area contributed by atoms with E-state index in [1.165, 1.54) is 76.6 Å². The minimum atomic E-state index is -0.524. The lowest BCUT2D eigenvalue weighted by atomic mass is 9.73. The summed E-state index contributed by atoms with van der Waals surface area (Å²) in [6, 6.07) is 19.0. The van der Waals surface area contributed by atoms with Crippen molar-refractivity contribution in [3.8, 4) is 0 Å². The summed E-state index contributed by atoms with van der Waals surface area (Å²) >= 11 is 0. The number of hydrogen-bond acceptors (Lipinski definition) is 2. The molecule has 4 heteroatoms. The molecule has 0 radical (unpaired) electrons. The van der Waals surface area contributed by atoms with Crippen LogP contribution < -0.4 is 0 Å². The van der Waals surface area contributed by atoms with E-state index in [2.05, 4.69) is 4.90 Å². The quantitative estimate of drug-likeness (QED) is 0.361. The highest BCUT2D eigenvalue weighted by Gasteiger charge is 2.40. The van der Waals surface area contributed by atoms with Crippen LogP contribution in [0.4, 0.5) is 4.39 Å². The summed E-state index contributed by atoms with van der Waals surface area (Å²) in [4.78, 5) is 14.7. The number of halogens is 1. The zero-order valence-corrected chi connectivity index (χ0v) is 23.2. The lowest BCUT2D eigenvalue weighted by molar-refractivity contribution is -0.146. The van der Waals surface area contributed by atoms with Crippen molar-refractivity contribution in [2.45, 2.75) is 83.5 Å². The molecule has 2 aromatic rings. The van der Waals surface area contributed by atoms with E-state index >= 15 is 0 Å². The molecule has 0 spiro atoms. The normalized spacial score (nSPS) is 23.9. The number of carbonyl (C=O) groups is 1. The molecule has 0 amide bonds. The Hall–Kier alpha value is -2.20. The van der Waals surface area contributed by atoms with Gasteiger partial charge in [0.1, 0.15) is 5.82 Å². The van der Waals surface area contributed by atoms with Crippen LogP contribution in [-0.4, -0.2) is 35.6 Å². The summed E-state index contributed by atoms with van der Waals surface area (Å²) in [6.07, 6.45) is 15.6. The molecule has 208 valence electrons. The van der Waals surface area contributed by atoms with Crippen LogP contribution in [0.15, 0.2) is 60.7 Å². The van der Waals surface area contributed by atoms with E-state index in [0.29, 0.717) is 17.8 Å². The van der Waals surface area contributed by atoms with Crippen molar-refractivity contribution < 1.29 is 14.3 Å². The number of carboxylic acids is 1. The van der Waals surface area contributed by atoms with Gasteiger partial charge >= 0.3 is 5.97 Å². The Kier molecular flexibility index (Phi) is 11.7. The van der Waals surface area contributed by atoms with Gasteiger partial charge in [0, 0.05) is 6.54 Å². The van der Waals surface area contributed by atoms with Gasteiger partial charge in [-0.25, -0.2) is 4.39 Å². The van der Waals surface area contributed by atoms with E-state index < -0.39 is 5.97 Å². The Balaban J connectivity index is 0.000000494. The maximum absolute atomic E-state index is 13.0.